The van der Waals surface area contributed by atoms with Gasteiger partial charge in [0, 0.05) is 6.42 Å². The molecule has 0 aliphatic carbocycles. The van der Waals surface area contributed by atoms with Crippen molar-refractivity contribution in [1.29, 1.82) is 0 Å². The van der Waals surface area contributed by atoms with E-state index < -0.39 is 18.4 Å². The highest BCUT2D eigenvalue weighted by Gasteiger charge is 2.36. The molecule has 0 aromatic heterocycles. The molecule has 0 heterocycles. The van der Waals surface area contributed by atoms with E-state index >= 15 is 0 Å². The fourth-order valence-corrected chi connectivity index (χ4v) is 1.47. The highest BCUT2D eigenvalue weighted by Crippen LogP contribution is 2.18. The zero-order valence-corrected chi connectivity index (χ0v) is 10.4. The minimum absolute atomic E-state index is 0.528. The first-order valence-corrected chi connectivity index (χ1v) is 6.23. The molecule has 17 heavy (non-hydrogen) atoms. The summed E-state index contributed by atoms with van der Waals surface area (Å²) in [4.78, 5) is 10.5. The molecule has 0 spiro atoms. The molecule has 1 nitrogen and oxygen atoms in total. The summed E-state index contributed by atoms with van der Waals surface area (Å²) in [6, 6.07) is 0. The lowest BCUT2D eigenvalue weighted by molar-refractivity contribution is -0.170. The van der Waals surface area contributed by atoms with Gasteiger partial charge in [0.05, 0.1) is 0 Å². The number of ketones is 1. The van der Waals surface area contributed by atoms with Gasteiger partial charge in [-0.3, -0.25) is 4.79 Å². The van der Waals surface area contributed by atoms with Crippen LogP contribution >= 0.6 is 0 Å². The van der Waals surface area contributed by atoms with Crippen LogP contribution in [0.4, 0.5) is 13.2 Å². The Morgan fingerprint density at radius 1 is 1.00 bits per heavy atom. The van der Waals surface area contributed by atoms with Gasteiger partial charge in [0.15, 0.2) is 0 Å². The molecular formula is C13H21F3O. The van der Waals surface area contributed by atoms with Crippen molar-refractivity contribution in [3.8, 4) is 0 Å². The van der Waals surface area contributed by atoms with Gasteiger partial charge in [-0.15, -0.1) is 0 Å². The summed E-state index contributed by atoms with van der Waals surface area (Å²) in [5, 5.41) is 0. The molecule has 0 aromatic carbocycles. The maximum atomic E-state index is 11.8. The second kappa shape index (κ2) is 9.25. The Morgan fingerprint density at radius 3 is 2.18 bits per heavy atom. The van der Waals surface area contributed by atoms with Crippen LogP contribution in [0.3, 0.4) is 0 Å². The molecule has 0 atom stereocenters. The van der Waals surface area contributed by atoms with Gasteiger partial charge in [-0.05, 0) is 12.8 Å². The van der Waals surface area contributed by atoms with E-state index in [1.807, 2.05) is 0 Å². The summed E-state index contributed by atoms with van der Waals surface area (Å²) in [5.74, 6) is -1.67. The number of hydrogen-bond donors (Lipinski definition) is 0. The Labute approximate surface area is 101 Å². The predicted molar refractivity (Wildman–Crippen MR) is 62.8 cm³/mol. The third-order valence-electron chi connectivity index (χ3n) is 2.51. The molecule has 0 N–H and O–H groups in total. The number of carbonyl (C=O) groups is 1. The summed E-state index contributed by atoms with van der Waals surface area (Å²) in [7, 11) is 0. The molecule has 0 aromatic rings. The maximum absolute atomic E-state index is 11.8. The van der Waals surface area contributed by atoms with Crippen LogP contribution in [-0.2, 0) is 4.79 Å². The average molecular weight is 250 g/mol. The van der Waals surface area contributed by atoms with Gasteiger partial charge in [-0.1, -0.05) is 51.2 Å². The van der Waals surface area contributed by atoms with Crippen molar-refractivity contribution in [3.05, 3.63) is 12.2 Å². The average Bonchev–Trinajstić information content (AvgIpc) is 2.25. The third-order valence-corrected chi connectivity index (χ3v) is 2.51. The van der Waals surface area contributed by atoms with E-state index in [2.05, 4.69) is 6.92 Å². The third kappa shape index (κ3) is 10.1. The summed E-state index contributed by atoms with van der Waals surface area (Å²) in [6.07, 6.45) is 5.50. The first kappa shape index (κ1) is 16.2. The van der Waals surface area contributed by atoms with E-state index in [0.717, 1.165) is 19.3 Å². The second-order valence-corrected chi connectivity index (χ2v) is 4.15. The lowest BCUT2D eigenvalue weighted by Gasteiger charge is -2.01. The summed E-state index contributed by atoms with van der Waals surface area (Å²) < 4.78 is 35.4. The molecular weight excluding hydrogens is 229 g/mol. The molecule has 0 radical (unpaired) electrons. The number of unbranched alkanes of at least 4 members (excludes halogenated alkanes) is 6. The highest BCUT2D eigenvalue weighted by atomic mass is 19.4. The molecule has 0 unspecified atom stereocenters. The predicted octanol–water partition coefficient (Wildman–Crippen LogP) is 4.81. The summed E-state index contributed by atoms with van der Waals surface area (Å²) >= 11 is 0. The zero-order chi connectivity index (χ0) is 13.1. The number of allylic oxidation sites excluding steroid dienone is 2. The van der Waals surface area contributed by atoms with Gasteiger partial charge in [-0.2, -0.15) is 13.2 Å². The Balaban J connectivity index is 3.40. The fraction of sp³-hybridized carbons (Fsp3) is 0.769. The smallest absolute Gasteiger partial charge is 0.289 e. The maximum Gasteiger partial charge on any atom is 0.450 e. The van der Waals surface area contributed by atoms with E-state index in [1.54, 1.807) is 6.08 Å². The first-order valence-electron chi connectivity index (χ1n) is 6.23. The van der Waals surface area contributed by atoms with Gasteiger partial charge < -0.3 is 0 Å². The van der Waals surface area contributed by atoms with Crippen molar-refractivity contribution in [2.45, 2.75) is 64.5 Å². The lowest BCUT2D eigenvalue weighted by Crippen LogP contribution is -2.21. The first-order chi connectivity index (χ1) is 7.98. The monoisotopic (exact) mass is 250 g/mol. The number of carbonyl (C=O) groups excluding carboxylic acids is 1. The van der Waals surface area contributed by atoms with E-state index in [0.29, 0.717) is 0 Å². The second-order valence-electron chi connectivity index (χ2n) is 4.15. The molecule has 0 fully saturated rings. The molecule has 0 saturated heterocycles. The van der Waals surface area contributed by atoms with Crippen LogP contribution in [0.5, 0.6) is 0 Å². The fourth-order valence-electron chi connectivity index (χ4n) is 1.47. The Hall–Kier alpha value is -0.800. The minimum atomic E-state index is -4.69. The summed E-state index contributed by atoms with van der Waals surface area (Å²) in [5.41, 5.74) is 0. The van der Waals surface area contributed by atoms with Crippen molar-refractivity contribution in [1.82, 2.24) is 0 Å². The Kier molecular flexibility index (Phi) is 8.82. The van der Waals surface area contributed by atoms with Crippen LogP contribution in [0.15, 0.2) is 12.2 Å². The number of halogens is 3. The Bertz CT molecular complexity index is 231. The van der Waals surface area contributed by atoms with E-state index in [1.165, 1.54) is 31.8 Å². The van der Waals surface area contributed by atoms with Crippen molar-refractivity contribution in [2.75, 3.05) is 0 Å². The van der Waals surface area contributed by atoms with Gasteiger partial charge in [0.1, 0.15) is 0 Å². The molecule has 0 rings (SSSR count). The molecule has 0 aliphatic heterocycles. The normalized spacial score (nSPS) is 12.2. The van der Waals surface area contributed by atoms with Crippen molar-refractivity contribution >= 4 is 5.78 Å². The van der Waals surface area contributed by atoms with Crippen LogP contribution in [0.2, 0.25) is 0 Å². The molecule has 100 valence electrons. The standard InChI is InChI=1S/C13H21F3O/c1-2-3-4-5-6-7-8-9-10-11-12(17)13(14,15)16/h9-10H,2-8,11H2,1H3/b10-9+. The van der Waals surface area contributed by atoms with Gasteiger partial charge >= 0.3 is 6.18 Å². The molecule has 4 heteroatoms. The van der Waals surface area contributed by atoms with E-state index in [9.17, 15) is 18.0 Å². The minimum Gasteiger partial charge on any atom is -0.289 e. The van der Waals surface area contributed by atoms with E-state index in [4.69, 9.17) is 0 Å². The van der Waals surface area contributed by atoms with Crippen LogP contribution in [-0.4, -0.2) is 12.0 Å². The number of hydrogen-bond acceptors (Lipinski definition) is 1. The highest BCUT2D eigenvalue weighted by molar-refractivity contribution is 5.85. The van der Waals surface area contributed by atoms with Crippen molar-refractivity contribution in [3.63, 3.8) is 0 Å². The zero-order valence-electron chi connectivity index (χ0n) is 10.4. The quantitative estimate of drug-likeness (QED) is 0.423. The van der Waals surface area contributed by atoms with Gasteiger partial charge in [-0.25, -0.2) is 0 Å². The van der Waals surface area contributed by atoms with Crippen molar-refractivity contribution < 1.29 is 18.0 Å². The van der Waals surface area contributed by atoms with Crippen molar-refractivity contribution in [2.24, 2.45) is 0 Å². The molecule has 0 bridgehead atoms. The SMILES string of the molecule is CCCCCCCC/C=C/CC(=O)C(F)(F)F. The van der Waals surface area contributed by atoms with Crippen LogP contribution in [0, 0.1) is 0 Å². The summed E-state index contributed by atoms with van der Waals surface area (Å²) in [6.45, 7) is 2.15. The molecule has 0 aliphatic rings. The lowest BCUT2D eigenvalue weighted by atomic mass is 10.1. The number of alkyl halides is 3. The molecule has 0 saturated carbocycles. The topological polar surface area (TPSA) is 17.1 Å². The Morgan fingerprint density at radius 2 is 1.59 bits per heavy atom. The van der Waals surface area contributed by atoms with Gasteiger partial charge in [0.2, 0.25) is 5.78 Å². The largest absolute Gasteiger partial charge is 0.450 e. The van der Waals surface area contributed by atoms with Crippen LogP contribution < -0.4 is 0 Å². The van der Waals surface area contributed by atoms with Crippen LogP contribution in [0.25, 0.3) is 0 Å². The number of Topliss-reactive ketones (excluding diaryl/α,β-unsaturated/α-hetero) is 1. The molecule has 0 amide bonds. The van der Waals surface area contributed by atoms with Crippen LogP contribution in [0.1, 0.15) is 58.3 Å². The van der Waals surface area contributed by atoms with Gasteiger partial charge in [0.25, 0.3) is 0 Å². The number of rotatable bonds is 9. The van der Waals surface area contributed by atoms with E-state index in [-0.39, 0.29) is 0 Å².